The summed E-state index contributed by atoms with van der Waals surface area (Å²) < 4.78 is 5.05. The number of hydrazine groups is 1. The molecule has 0 aromatic heterocycles. The van der Waals surface area contributed by atoms with Gasteiger partial charge in [-0.1, -0.05) is 35.3 Å². The predicted octanol–water partition coefficient (Wildman–Crippen LogP) is 3.48. The third kappa shape index (κ3) is 5.01. The molecule has 0 unspecified atom stereocenters. The molecule has 0 fully saturated rings. The second kappa shape index (κ2) is 8.38. The van der Waals surface area contributed by atoms with Crippen molar-refractivity contribution in [1.29, 1.82) is 0 Å². The first-order chi connectivity index (χ1) is 11.5. The molecule has 0 saturated carbocycles. The molecular weight excluding hydrogens is 351 g/mol. The van der Waals surface area contributed by atoms with Gasteiger partial charge in [0.25, 0.3) is 11.8 Å². The average Bonchev–Trinajstić information content (AvgIpc) is 2.58. The van der Waals surface area contributed by atoms with Crippen LogP contribution in [0.5, 0.6) is 5.75 Å². The Morgan fingerprint density at radius 2 is 1.75 bits per heavy atom. The van der Waals surface area contributed by atoms with E-state index in [0.29, 0.717) is 5.02 Å². The Bertz CT molecular complexity index is 774. The summed E-state index contributed by atoms with van der Waals surface area (Å²) in [6, 6.07) is 11.6. The third-order valence-electron chi connectivity index (χ3n) is 3.02. The maximum Gasteiger partial charge on any atom is 0.271 e. The summed E-state index contributed by atoms with van der Waals surface area (Å²) in [6.07, 6.45) is 2.90. The zero-order chi connectivity index (χ0) is 17.5. The number of carbonyl (C=O) groups excluding carboxylic acids is 2. The second-order valence-corrected chi connectivity index (χ2v) is 5.52. The minimum Gasteiger partial charge on any atom is -0.497 e. The highest BCUT2D eigenvalue weighted by molar-refractivity contribution is 6.36. The van der Waals surface area contributed by atoms with Crippen molar-refractivity contribution in [3.8, 4) is 5.75 Å². The molecule has 0 aliphatic rings. The Kier molecular flexibility index (Phi) is 6.23. The molecule has 0 saturated heterocycles. The molecule has 2 amide bonds. The maximum absolute atomic E-state index is 11.9. The van der Waals surface area contributed by atoms with Gasteiger partial charge in [-0.25, -0.2) is 0 Å². The predicted molar refractivity (Wildman–Crippen MR) is 94.1 cm³/mol. The summed E-state index contributed by atoms with van der Waals surface area (Å²) in [5, 5.41) is 0.617. The molecule has 0 aliphatic heterocycles. The van der Waals surface area contributed by atoms with Crippen LogP contribution in [0, 0.1) is 0 Å². The van der Waals surface area contributed by atoms with Crippen LogP contribution in [-0.4, -0.2) is 18.9 Å². The molecule has 124 valence electrons. The van der Waals surface area contributed by atoms with Gasteiger partial charge in [0.1, 0.15) is 5.75 Å². The van der Waals surface area contributed by atoms with Crippen LogP contribution in [0.1, 0.15) is 15.9 Å². The monoisotopic (exact) mass is 364 g/mol. The largest absolute Gasteiger partial charge is 0.497 e. The lowest BCUT2D eigenvalue weighted by Gasteiger charge is -2.07. The Hall–Kier alpha value is -2.50. The van der Waals surface area contributed by atoms with Crippen LogP contribution in [0.3, 0.4) is 0 Å². The molecule has 0 aliphatic carbocycles. The summed E-state index contributed by atoms with van der Waals surface area (Å²) >= 11 is 11.7. The molecule has 2 aromatic carbocycles. The van der Waals surface area contributed by atoms with Crippen molar-refractivity contribution in [2.24, 2.45) is 0 Å². The number of amides is 2. The molecule has 0 radical (unpaired) electrons. The Morgan fingerprint density at radius 3 is 2.38 bits per heavy atom. The van der Waals surface area contributed by atoms with Crippen LogP contribution in [0.25, 0.3) is 6.08 Å². The van der Waals surface area contributed by atoms with Crippen LogP contribution < -0.4 is 15.6 Å². The summed E-state index contributed by atoms with van der Waals surface area (Å²) in [6.45, 7) is 0. The SMILES string of the molecule is COc1ccc(/C=C/C(=O)NNC(=O)c2ccc(Cl)cc2Cl)cc1. The lowest BCUT2D eigenvalue weighted by atomic mass is 10.2. The number of benzene rings is 2. The standard InChI is InChI=1S/C17H14Cl2N2O3/c1-24-13-6-2-11(3-7-13)4-9-16(22)20-21-17(23)14-8-5-12(18)10-15(14)19/h2-10H,1H3,(H,20,22)(H,21,23)/b9-4+. The number of hydrogen-bond donors (Lipinski definition) is 2. The van der Waals surface area contributed by atoms with Crippen molar-refractivity contribution in [2.75, 3.05) is 7.11 Å². The van der Waals surface area contributed by atoms with Gasteiger partial charge in [-0.05, 0) is 42.0 Å². The first-order valence-electron chi connectivity index (χ1n) is 6.87. The van der Waals surface area contributed by atoms with Crippen molar-refractivity contribution in [3.05, 3.63) is 69.7 Å². The van der Waals surface area contributed by atoms with Crippen LogP contribution in [0.4, 0.5) is 0 Å². The maximum atomic E-state index is 11.9. The van der Waals surface area contributed by atoms with Crippen molar-refractivity contribution in [2.45, 2.75) is 0 Å². The molecule has 0 atom stereocenters. The zero-order valence-corrected chi connectivity index (χ0v) is 14.2. The van der Waals surface area contributed by atoms with Crippen LogP contribution >= 0.6 is 23.2 Å². The fraction of sp³-hybridized carbons (Fsp3) is 0.0588. The van der Waals surface area contributed by atoms with E-state index < -0.39 is 11.8 Å². The number of hydrogen-bond acceptors (Lipinski definition) is 3. The fourth-order valence-corrected chi connectivity index (χ4v) is 2.28. The molecule has 7 heteroatoms. The molecular formula is C17H14Cl2N2O3. The topological polar surface area (TPSA) is 67.4 Å². The zero-order valence-electron chi connectivity index (χ0n) is 12.7. The summed E-state index contributed by atoms with van der Waals surface area (Å²) in [5.41, 5.74) is 5.58. The molecule has 2 rings (SSSR count). The number of rotatable bonds is 4. The quantitative estimate of drug-likeness (QED) is 0.644. The summed E-state index contributed by atoms with van der Waals surface area (Å²) in [7, 11) is 1.58. The van der Waals surface area contributed by atoms with E-state index in [-0.39, 0.29) is 10.6 Å². The van der Waals surface area contributed by atoms with Crippen LogP contribution in [0.2, 0.25) is 10.0 Å². The molecule has 5 nitrogen and oxygen atoms in total. The van der Waals surface area contributed by atoms with E-state index in [0.717, 1.165) is 11.3 Å². The van der Waals surface area contributed by atoms with Gasteiger partial charge in [0.05, 0.1) is 17.7 Å². The minimum absolute atomic E-state index is 0.197. The smallest absolute Gasteiger partial charge is 0.271 e. The highest BCUT2D eigenvalue weighted by Gasteiger charge is 2.10. The lowest BCUT2D eigenvalue weighted by Crippen LogP contribution is -2.40. The van der Waals surface area contributed by atoms with Crippen molar-refractivity contribution in [1.82, 2.24) is 10.9 Å². The van der Waals surface area contributed by atoms with E-state index in [1.165, 1.54) is 24.3 Å². The molecule has 24 heavy (non-hydrogen) atoms. The average molecular weight is 365 g/mol. The summed E-state index contributed by atoms with van der Waals surface area (Å²) in [4.78, 5) is 23.7. The first-order valence-corrected chi connectivity index (χ1v) is 7.62. The van der Waals surface area contributed by atoms with Gasteiger partial charge in [-0.15, -0.1) is 0 Å². The number of halogens is 2. The Morgan fingerprint density at radius 1 is 1.04 bits per heavy atom. The normalized spacial score (nSPS) is 10.5. The van der Waals surface area contributed by atoms with Crippen molar-refractivity contribution < 1.29 is 14.3 Å². The molecule has 0 spiro atoms. The fourth-order valence-electron chi connectivity index (χ4n) is 1.79. The van der Waals surface area contributed by atoms with E-state index in [2.05, 4.69) is 10.9 Å². The molecule has 2 N–H and O–H groups in total. The van der Waals surface area contributed by atoms with Gasteiger partial charge in [0, 0.05) is 11.1 Å². The van der Waals surface area contributed by atoms with Crippen LogP contribution in [0.15, 0.2) is 48.5 Å². The Balaban J connectivity index is 1.90. The van der Waals surface area contributed by atoms with Crippen LogP contribution in [-0.2, 0) is 4.79 Å². The molecule has 0 bridgehead atoms. The third-order valence-corrected chi connectivity index (χ3v) is 3.57. The first kappa shape index (κ1) is 17.8. The number of methoxy groups -OCH3 is 1. The second-order valence-electron chi connectivity index (χ2n) is 4.67. The lowest BCUT2D eigenvalue weighted by molar-refractivity contribution is -0.117. The van der Waals surface area contributed by atoms with E-state index in [1.807, 2.05) is 0 Å². The highest BCUT2D eigenvalue weighted by Crippen LogP contribution is 2.20. The van der Waals surface area contributed by atoms with Gasteiger partial charge in [-0.3, -0.25) is 20.4 Å². The molecule has 0 heterocycles. The number of carbonyl (C=O) groups is 2. The Labute approximate surface area is 149 Å². The van der Waals surface area contributed by atoms with Crippen molar-refractivity contribution >= 4 is 41.1 Å². The van der Waals surface area contributed by atoms with Gasteiger partial charge in [-0.2, -0.15) is 0 Å². The van der Waals surface area contributed by atoms with E-state index in [1.54, 1.807) is 37.5 Å². The number of ether oxygens (including phenoxy) is 1. The minimum atomic E-state index is -0.539. The molecule has 2 aromatic rings. The van der Waals surface area contributed by atoms with Gasteiger partial charge in [0.2, 0.25) is 0 Å². The summed E-state index contributed by atoms with van der Waals surface area (Å²) in [5.74, 6) is -0.296. The van der Waals surface area contributed by atoms with Gasteiger partial charge < -0.3 is 4.74 Å². The van der Waals surface area contributed by atoms with E-state index in [9.17, 15) is 9.59 Å². The van der Waals surface area contributed by atoms with E-state index in [4.69, 9.17) is 27.9 Å². The van der Waals surface area contributed by atoms with Gasteiger partial charge >= 0.3 is 0 Å². The van der Waals surface area contributed by atoms with Crippen molar-refractivity contribution in [3.63, 3.8) is 0 Å². The highest BCUT2D eigenvalue weighted by atomic mass is 35.5. The van der Waals surface area contributed by atoms with Gasteiger partial charge in [0.15, 0.2) is 0 Å². The number of nitrogens with one attached hydrogen (secondary N) is 2. The van der Waals surface area contributed by atoms with E-state index >= 15 is 0 Å².